The van der Waals surface area contributed by atoms with Gasteiger partial charge in [-0.1, -0.05) is 41.4 Å². The molecule has 5 nitrogen and oxygen atoms in total. The Morgan fingerprint density at radius 3 is 2.57 bits per heavy atom. The number of furan rings is 1. The molecule has 144 valence electrons. The number of morpholine rings is 1. The molecule has 0 aliphatic carbocycles. The van der Waals surface area contributed by atoms with Crippen LogP contribution in [0.2, 0.25) is 10.0 Å². The molecule has 1 fully saturated rings. The number of hydrogen-bond donors (Lipinski definition) is 1. The molecule has 0 spiro atoms. The van der Waals surface area contributed by atoms with Gasteiger partial charge in [-0.25, -0.2) is 0 Å². The molecule has 2 heterocycles. The first-order valence-corrected chi connectivity index (χ1v) is 9.66. The maximum absolute atomic E-state index is 12.7. The molecule has 2 aromatic carbocycles. The molecule has 0 bridgehead atoms. The molecule has 0 saturated carbocycles. The Kier molecular flexibility index (Phi) is 5.57. The van der Waals surface area contributed by atoms with Crippen molar-refractivity contribution in [3.63, 3.8) is 0 Å². The van der Waals surface area contributed by atoms with Crippen LogP contribution in [-0.2, 0) is 4.74 Å². The third kappa shape index (κ3) is 3.87. The molecule has 1 aliphatic rings. The summed E-state index contributed by atoms with van der Waals surface area (Å²) in [6.07, 6.45) is 0. The Hall–Kier alpha value is -2.47. The van der Waals surface area contributed by atoms with Crippen molar-refractivity contribution in [1.82, 2.24) is 0 Å². The van der Waals surface area contributed by atoms with Crippen LogP contribution >= 0.6 is 23.2 Å². The summed E-state index contributed by atoms with van der Waals surface area (Å²) in [6, 6.07) is 16.3. The number of nitrogens with one attached hydrogen (secondary N) is 1. The third-order valence-electron chi connectivity index (χ3n) is 4.55. The van der Waals surface area contributed by atoms with Gasteiger partial charge in [0.05, 0.1) is 34.6 Å². The fourth-order valence-corrected chi connectivity index (χ4v) is 3.54. The fraction of sp³-hybridized carbons (Fsp3) is 0.190. The lowest BCUT2D eigenvalue weighted by Crippen LogP contribution is -2.36. The van der Waals surface area contributed by atoms with Crippen LogP contribution in [0.15, 0.2) is 59.0 Å². The second kappa shape index (κ2) is 8.27. The third-order valence-corrected chi connectivity index (χ3v) is 5.37. The first kappa shape index (κ1) is 18.9. The molecular weight excluding hydrogens is 399 g/mol. The van der Waals surface area contributed by atoms with E-state index in [9.17, 15) is 4.79 Å². The molecule has 3 aromatic rings. The zero-order valence-electron chi connectivity index (χ0n) is 15.0. The Morgan fingerprint density at radius 2 is 1.75 bits per heavy atom. The molecule has 1 aliphatic heterocycles. The second-order valence-corrected chi connectivity index (χ2v) is 7.12. The molecule has 0 unspecified atom stereocenters. The van der Waals surface area contributed by atoms with E-state index in [0.717, 1.165) is 24.5 Å². The van der Waals surface area contributed by atoms with E-state index < -0.39 is 0 Å². The lowest BCUT2D eigenvalue weighted by atomic mass is 10.2. The van der Waals surface area contributed by atoms with Gasteiger partial charge in [-0.3, -0.25) is 4.79 Å². The fourth-order valence-electron chi connectivity index (χ4n) is 3.14. The lowest BCUT2D eigenvalue weighted by Gasteiger charge is -2.30. The van der Waals surface area contributed by atoms with Crippen molar-refractivity contribution in [3.05, 3.63) is 70.4 Å². The highest BCUT2D eigenvalue weighted by atomic mass is 35.5. The molecule has 28 heavy (non-hydrogen) atoms. The molecule has 4 rings (SSSR count). The van der Waals surface area contributed by atoms with Crippen LogP contribution in [0.25, 0.3) is 11.3 Å². The first-order valence-electron chi connectivity index (χ1n) is 8.91. The predicted molar refractivity (Wildman–Crippen MR) is 112 cm³/mol. The van der Waals surface area contributed by atoms with Crippen LogP contribution in [0.4, 0.5) is 11.4 Å². The van der Waals surface area contributed by atoms with Gasteiger partial charge in [0.1, 0.15) is 5.76 Å². The molecule has 1 aromatic heterocycles. The van der Waals surface area contributed by atoms with Crippen molar-refractivity contribution in [2.75, 3.05) is 36.5 Å². The van der Waals surface area contributed by atoms with Gasteiger partial charge in [-0.2, -0.15) is 0 Å². The molecule has 1 saturated heterocycles. The number of halogens is 2. The Morgan fingerprint density at radius 1 is 0.964 bits per heavy atom. The topological polar surface area (TPSA) is 54.7 Å². The Bertz CT molecular complexity index is 997. The number of anilines is 2. The summed E-state index contributed by atoms with van der Waals surface area (Å²) >= 11 is 12.3. The van der Waals surface area contributed by atoms with Gasteiger partial charge in [0.25, 0.3) is 5.91 Å². The van der Waals surface area contributed by atoms with E-state index in [0.29, 0.717) is 34.6 Å². The van der Waals surface area contributed by atoms with E-state index in [1.807, 2.05) is 24.3 Å². The highest BCUT2D eigenvalue weighted by Crippen LogP contribution is 2.34. The van der Waals surface area contributed by atoms with Gasteiger partial charge in [-0.05, 0) is 36.4 Å². The number of para-hydroxylation sites is 2. The quantitative estimate of drug-likeness (QED) is 0.623. The summed E-state index contributed by atoms with van der Waals surface area (Å²) in [4.78, 5) is 14.9. The molecule has 1 N–H and O–H groups in total. The van der Waals surface area contributed by atoms with E-state index >= 15 is 0 Å². The van der Waals surface area contributed by atoms with E-state index in [1.165, 1.54) is 0 Å². The normalized spacial score (nSPS) is 14.1. The zero-order chi connectivity index (χ0) is 19.5. The number of carbonyl (C=O) groups is 1. The predicted octanol–water partition coefficient (Wildman–Crippen LogP) is 5.34. The van der Waals surface area contributed by atoms with Gasteiger partial charge in [0.2, 0.25) is 0 Å². The van der Waals surface area contributed by atoms with E-state index in [2.05, 4.69) is 10.2 Å². The van der Waals surface area contributed by atoms with Crippen LogP contribution in [0, 0.1) is 0 Å². The summed E-state index contributed by atoms with van der Waals surface area (Å²) in [5.41, 5.74) is 2.33. The van der Waals surface area contributed by atoms with Crippen LogP contribution in [-0.4, -0.2) is 32.2 Å². The average molecular weight is 417 g/mol. The molecule has 0 atom stereocenters. The number of hydrogen-bond acceptors (Lipinski definition) is 4. The minimum Gasteiger partial charge on any atom is -0.451 e. The number of nitrogens with zero attached hydrogens (tertiary/aromatic N) is 1. The summed E-state index contributed by atoms with van der Waals surface area (Å²) in [6.45, 7) is 2.91. The second-order valence-electron chi connectivity index (χ2n) is 6.34. The monoisotopic (exact) mass is 416 g/mol. The van der Waals surface area contributed by atoms with Gasteiger partial charge < -0.3 is 19.4 Å². The van der Waals surface area contributed by atoms with Crippen LogP contribution < -0.4 is 10.2 Å². The Labute approximate surface area is 172 Å². The minimum atomic E-state index is -0.329. The summed E-state index contributed by atoms with van der Waals surface area (Å²) in [5, 5.41) is 3.76. The minimum absolute atomic E-state index is 0.197. The van der Waals surface area contributed by atoms with Gasteiger partial charge in [-0.15, -0.1) is 0 Å². The van der Waals surface area contributed by atoms with Crippen LogP contribution in [0.5, 0.6) is 0 Å². The number of rotatable bonds is 4. The molecular formula is C21H18Cl2N2O3. The largest absolute Gasteiger partial charge is 0.451 e. The summed E-state index contributed by atoms with van der Waals surface area (Å²) in [7, 11) is 0. The van der Waals surface area contributed by atoms with Gasteiger partial charge >= 0.3 is 0 Å². The molecule has 0 radical (unpaired) electrons. The maximum Gasteiger partial charge on any atom is 0.291 e. The number of ether oxygens (including phenoxy) is 1. The van der Waals surface area contributed by atoms with E-state index in [1.54, 1.807) is 30.3 Å². The first-order chi connectivity index (χ1) is 13.6. The van der Waals surface area contributed by atoms with E-state index in [-0.39, 0.29) is 11.7 Å². The van der Waals surface area contributed by atoms with Crippen molar-refractivity contribution in [3.8, 4) is 11.3 Å². The number of carbonyl (C=O) groups excluding carboxylic acids is 1. The van der Waals surface area contributed by atoms with Crippen molar-refractivity contribution in [2.45, 2.75) is 0 Å². The standard InChI is InChI=1S/C21H18Cl2N2O3/c22-15-5-3-4-14(20(15)23)18-8-9-19(28-18)21(26)24-16-6-1-2-7-17(16)25-10-12-27-13-11-25/h1-9H,10-13H2,(H,24,26). The summed E-state index contributed by atoms with van der Waals surface area (Å²) in [5.74, 6) is 0.354. The van der Waals surface area contributed by atoms with E-state index in [4.69, 9.17) is 32.4 Å². The van der Waals surface area contributed by atoms with Crippen LogP contribution in [0.3, 0.4) is 0 Å². The van der Waals surface area contributed by atoms with Crippen molar-refractivity contribution in [1.29, 1.82) is 0 Å². The maximum atomic E-state index is 12.7. The SMILES string of the molecule is O=C(Nc1ccccc1N1CCOCC1)c1ccc(-c2cccc(Cl)c2Cl)o1. The lowest BCUT2D eigenvalue weighted by molar-refractivity contribution is 0.0997. The highest BCUT2D eigenvalue weighted by Gasteiger charge is 2.19. The zero-order valence-corrected chi connectivity index (χ0v) is 16.5. The van der Waals surface area contributed by atoms with Crippen molar-refractivity contribution >= 4 is 40.5 Å². The van der Waals surface area contributed by atoms with Gasteiger partial charge in [0.15, 0.2) is 5.76 Å². The van der Waals surface area contributed by atoms with Crippen molar-refractivity contribution < 1.29 is 13.9 Å². The van der Waals surface area contributed by atoms with Gasteiger partial charge in [0, 0.05) is 18.7 Å². The van der Waals surface area contributed by atoms with Crippen molar-refractivity contribution in [2.24, 2.45) is 0 Å². The number of amides is 1. The molecule has 7 heteroatoms. The molecule has 1 amide bonds. The summed E-state index contributed by atoms with van der Waals surface area (Å²) < 4.78 is 11.1. The average Bonchev–Trinajstić information content (AvgIpc) is 3.21. The van der Waals surface area contributed by atoms with Crippen LogP contribution in [0.1, 0.15) is 10.6 Å². The smallest absolute Gasteiger partial charge is 0.291 e. The Balaban J connectivity index is 1.55. The highest BCUT2D eigenvalue weighted by molar-refractivity contribution is 6.43. The number of benzene rings is 2.